The Morgan fingerprint density at radius 1 is 0.944 bits per heavy atom. The Labute approximate surface area is 412 Å². The van der Waals surface area contributed by atoms with Gasteiger partial charge in [-0.25, -0.2) is 14.8 Å². The van der Waals surface area contributed by atoms with Crippen molar-refractivity contribution in [2.75, 3.05) is 41.8 Å². The second kappa shape index (κ2) is 18.4. The molecule has 3 atom stereocenters. The van der Waals surface area contributed by atoms with E-state index in [0.717, 1.165) is 69.2 Å². The summed E-state index contributed by atoms with van der Waals surface area (Å²) in [5, 5.41) is 24.9. The number of para-hydroxylation sites is 1. The largest absolute Gasteiger partial charge is 0.493 e. The molecule has 4 N–H and O–H groups in total. The standard InChI is InChI=1S/C54H51N9O7S/c1-31-35(36-15-17-45(57-49(36)52(68)69)63-23-19-32-7-5-9-37(40(32)29-63)50(66)59-53-56-41-10-3-4-12-44(41)71-53)8-6-11-43(31)70-26-20-33-28-54(33)21-24-62(25-22-54)30-47(65)55-34-13-14-38-42(27-34)61(2)60-48(38)39-16-18-46(64)58-51(39)67/h3-15,17,21,24,27,33,39H,16,18-20,22-23,25-26,28-30H2,1-2H3,(H,55,65)(H,68,69)(H,56,59,66)(H,58,64,67). The number of carbonyl (C=O) groups excluding carboxylic acids is 4. The van der Waals surface area contributed by atoms with E-state index >= 15 is 0 Å². The number of nitrogens with one attached hydrogen (secondary N) is 3. The number of anilines is 3. The number of aryl methyl sites for hydroxylation is 1. The number of allylic oxidation sites excluding steroid dienone is 1. The molecule has 1 aliphatic carbocycles. The van der Waals surface area contributed by atoms with E-state index in [1.54, 1.807) is 11.7 Å². The van der Waals surface area contributed by atoms with E-state index in [-0.39, 0.29) is 47.7 Å². The second-order valence-corrected chi connectivity index (χ2v) is 20.0. The Morgan fingerprint density at radius 3 is 2.62 bits per heavy atom. The van der Waals surface area contributed by atoms with Gasteiger partial charge >= 0.3 is 5.97 Å². The number of benzene rings is 4. The van der Waals surface area contributed by atoms with Crippen molar-refractivity contribution in [1.82, 2.24) is 30.0 Å². The molecule has 2 fully saturated rings. The molecular formula is C54H51N9O7S. The van der Waals surface area contributed by atoms with Gasteiger partial charge in [-0.1, -0.05) is 53.8 Å². The SMILES string of the molecule is Cc1c(OCCC2CC23C=CN(CC(=O)Nc2ccc4c(C5CCC(=O)NC5=O)nn(C)c4c2)CC3)cccc1-c1ccc(N2CCc3cccc(C(=O)Nc4nc5ccccc5s4)c3C2)nc1C(=O)O. The monoisotopic (exact) mass is 969 g/mol. The van der Waals surface area contributed by atoms with Crippen molar-refractivity contribution in [3.8, 4) is 16.9 Å². The highest BCUT2D eigenvalue weighted by atomic mass is 32.1. The fourth-order valence-electron chi connectivity index (χ4n) is 10.6. The summed E-state index contributed by atoms with van der Waals surface area (Å²) in [7, 11) is 1.80. The van der Waals surface area contributed by atoms with Crippen LogP contribution in [0.1, 0.15) is 81.3 Å². The van der Waals surface area contributed by atoms with E-state index in [9.17, 15) is 29.1 Å². The number of carbonyl (C=O) groups is 5. The summed E-state index contributed by atoms with van der Waals surface area (Å²) < 4.78 is 9.08. The number of aromatic nitrogens is 4. The van der Waals surface area contributed by atoms with Crippen LogP contribution in [0.2, 0.25) is 0 Å². The van der Waals surface area contributed by atoms with E-state index in [4.69, 9.17) is 9.72 Å². The summed E-state index contributed by atoms with van der Waals surface area (Å²) in [4.78, 5) is 77.3. The molecule has 4 amide bonds. The summed E-state index contributed by atoms with van der Waals surface area (Å²) in [5.41, 5.74) is 7.46. The second-order valence-electron chi connectivity index (χ2n) is 19.0. The van der Waals surface area contributed by atoms with Crippen molar-refractivity contribution in [1.29, 1.82) is 0 Å². The van der Waals surface area contributed by atoms with Crippen molar-refractivity contribution in [3.63, 3.8) is 0 Å². The third-order valence-corrected chi connectivity index (χ3v) is 15.5. The van der Waals surface area contributed by atoms with Gasteiger partial charge in [0.15, 0.2) is 10.8 Å². The number of hydrogen-bond acceptors (Lipinski definition) is 12. The molecule has 1 spiro atoms. The van der Waals surface area contributed by atoms with Crippen LogP contribution >= 0.6 is 11.3 Å². The summed E-state index contributed by atoms with van der Waals surface area (Å²) >= 11 is 1.43. The highest BCUT2D eigenvalue weighted by molar-refractivity contribution is 7.22. The number of ether oxygens (including phenoxy) is 1. The van der Waals surface area contributed by atoms with E-state index in [0.29, 0.717) is 77.7 Å². The zero-order valence-corrected chi connectivity index (χ0v) is 40.1. The van der Waals surface area contributed by atoms with Gasteiger partial charge in [-0.2, -0.15) is 5.10 Å². The fraction of sp³-hybridized carbons (Fsp3) is 0.296. The Balaban J connectivity index is 0.692. The average Bonchev–Trinajstić information content (AvgIpc) is 3.68. The van der Waals surface area contributed by atoms with Crippen molar-refractivity contribution < 1.29 is 33.8 Å². The lowest BCUT2D eigenvalue weighted by atomic mass is 9.93. The van der Waals surface area contributed by atoms with E-state index < -0.39 is 11.9 Å². The molecule has 1 saturated heterocycles. The first-order chi connectivity index (χ1) is 34.4. The number of pyridine rings is 1. The van der Waals surface area contributed by atoms with Crippen LogP contribution in [0.4, 0.5) is 16.6 Å². The van der Waals surface area contributed by atoms with E-state index in [1.807, 2.05) is 114 Å². The van der Waals surface area contributed by atoms with Gasteiger partial charge in [0.1, 0.15) is 11.6 Å². The van der Waals surface area contributed by atoms with Gasteiger partial charge in [0.05, 0.1) is 40.5 Å². The Hall–Kier alpha value is -7.92. The number of imide groups is 1. The minimum Gasteiger partial charge on any atom is -0.493 e. The van der Waals surface area contributed by atoms with Crippen LogP contribution in [0.5, 0.6) is 5.75 Å². The number of piperidine rings is 1. The number of amides is 4. The molecular weight excluding hydrogens is 919 g/mol. The number of thiazole rings is 1. The third-order valence-electron chi connectivity index (χ3n) is 14.6. The molecule has 3 aromatic heterocycles. The molecule has 17 heteroatoms. The summed E-state index contributed by atoms with van der Waals surface area (Å²) in [5.74, 6) is -0.949. The summed E-state index contributed by atoms with van der Waals surface area (Å²) in [6, 6.07) is 28.4. The van der Waals surface area contributed by atoms with Crippen LogP contribution in [-0.2, 0) is 34.4 Å². The smallest absolute Gasteiger partial charge is 0.355 e. The van der Waals surface area contributed by atoms with Crippen molar-refractivity contribution in [2.24, 2.45) is 18.4 Å². The molecule has 1 saturated carbocycles. The molecule has 4 aliphatic rings. The first-order valence-corrected chi connectivity index (χ1v) is 24.7. The number of aromatic carboxylic acids is 1. The quantitative estimate of drug-likeness (QED) is 0.0809. The van der Waals surface area contributed by atoms with Crippen LogP contribution in [0, 0.1) is 18.3 Å². The average molecular weight is 970 g/mol. The minimum atomic E-state index is -1.13. The van der Waals surface area contributed by atoms with Gasteiger partial charge in [0.25, 0.3) is 5.91 Å². The predicted octanol–water partition coefficient (Wildman–Crippen LogP) is 8.22. The van der Waals surface area contributed by atoms with Gasteiger partial charge in [0.2, 0.25) is 17.7 Å². The maximum atomic E-state index is 13.6. The van der Waals surface area contributed by atoms with Gasteiger partial charge in [-0.3, -0.25) is 34.5 Å². The topological polar surface area (TPSA) is 201 Å². The highest BCUT2D eigenvalue weighted by Gasteiger charge is 2.52. The van der Waals surface area contributed by atoms with Crippen LogP contribution in [0.3, 0.4) is 0 Å². The molecule has 360 valence electrons. The van der Waals surface area contributed by atoms with Crippen LogP contribution < -0.4 is 25.6 Å². The normalized spacial score (nSPS) is 19.5. The van der Waals surface area contributed by atoms with Gasteiger partial charge in [-0.05, 0) is 133 Å². The Kier molecular flexibility index (Phi) is 11.8. The fourth-order valence-corrected chi connectivity index (χ4v) is 11.5. The number of carboxylic acids is 1. The molecule has 6 heterocycles. The third kappa shape index (κ3) is 8.97. The molecule has 3 aliphatic heterocycles. The van der Waals surface area contributed by atoms with Gasteiger partial charge in [0, 0.05) is 55.3 Å². The Morgan fingerprint density at radius 2 is 1.80 bits per heavy atom. The molecule has 7 aromatic rings. The molecule has 0 bridgehead atoms. The summed E-state index contributed by atoms with van der Waals surface area (Å²) in [6.07, 6.45) is 8.49. The lowest BCUT2D eigenvalue weighted by Crippen LogP contribution is -2.39. The number of fused-ring (bicyclic) bond motifs is 3. The lowest BCUT2D eigenvalue weighted by molar-refractivity contribution is -0.134. The lowest BCUT2D eigenvalue weighted by Gasteiger charge is -2.31. The molecule has 3 unspecified atom stereocenters. The van der Waals surface area contributed by atoms with Crippen LogP contribution in [0.15, 0.2) is 103 Å². The molecule has 71 heavy (non-hydrogen) atoms. The number of nitrogens with zero attached hydrogens (tertiary/aromatic N) is 6. The zero-order valence-electron chi connectivity index (χ0n) is 39.2. The molecule has 4 aromatic carbocycles. The van der Waals surface area contributed by atoms with Crippen LogP contribution in [-0.4, -0.2) is 85.6 Å². The van der Waals surface area contributed by atoms with Crippen molar-refractivity contribution >= 4 is 78.7 Å². The zero-order chi connectivity index (χ0) is 49.0. The number of hydrogen-bond donors (Lipinski definition) is 4. The first-order valence-electron chi connectivity index (χ1n) is 23.9. The molecule has 11 rings (SSSR count). The first kappa shape index (κ1) is 45.5. The predicted molar refractivity (Wildman–Crippen MR) is 271 cm³/mol. The van der Waals surface area contributed by atoms with E-state index in [1.165, 1.54) is 11.3 Å². The minimum absolute atomic E-state index is 0.0563. The van der Waals surface area contributed by atoms with Gasteiger partial charge < -0.3 is 25.0 Å². The highest BCUT2D eigenvalue weighted by Crippen LogP contribution is 2.59. The van der Waals surface area contributed by atoms with Crippen molar-refractivity contribution in [2.45, 2.75) is 57.9 Å². The summed E-state index contributed by atoms with van der Waals surface area (Å²) in [6.45, 7) is 4.42. The maximum absolute atomic E-state index is 13.6. The Bertz CT molecular complexity index is 3330. The van der Waals surface area contributed by atoms with Crippen molar-refractivity contribution in [3.05, 3.63) is 137 Å². The molecule has 0 radical (unpaired) electrons. The number of rotatable bonds is 13. The maximum Gasteiger partial charge on any atom is 0.355 e. The van der Waals surface area contributed by atoms with Crippen LogP contribution in [0.25, 0.3) is 32.2 Å². The van der Waals surface area contributed by atoms with E-state index in [2.05, 4.69) is 32.1 Å². The number of carboxylic acid groups (broad SMARTS) is 1. The molecule has 16 nitrogen and oxygen atoms in total. The van der Waals surface area contributed by atoms with Gasteiger partial charge in [-0.15, -0.1) is 0 Å².